The fourth-order valence-corrected chi connectivity index (χ4v) is 2.08. The number of aryl methyl sites for hydroxylation is 1. The highest BCUT2D eigenvalue weighted by molar-refractivity contribution is 5.79. The van der Waals surface area contributed by atoms with Gasteiger partial charge in [0.05, 0.1) is 4.92 Å². The molecule has 0 spiro atoms. The molecular weight excluding hydrogens is 264 g/mol. The second-order valence-electron chi connectivity index (χ2n) is 5.11. The molecule has 1 aromatic rings. The molecule has 0 aliphatic heterocycles. The molecule has 1 unspecified atom stereocenters. The number of carboxylic acids is 1. The zero-order valence-corrected chi connectivity index (χ0v) is 11.0. The van der Waals surface area contributed by atoms with Crippen LogP contribution in [0.2, 0.25) is 0 Å². The number of nitrogens with two attached hydrogens (primary N) is 1. The highest BCUT2D eigenvalue weighted by Crippen LogP contribution is 2.39. The summed E-state index contributed by atoms with van der Waals surface area (Å²) in [6.07, 6.45) is 1.57. The normalized spacial score (nSPS) is 17.3. The molecule has 20 heavy (non-hydrogen) atoms. The standard InChI is InChI=1S/C13H16N2O5/c1-8-6-10(4-5-11(8)15(18)19)20-7-13(14,12(16)17)9-2-3-9/h4-6,9H,2-3,7,14H2,1H3,(H,16,17). The van der Waals surface area contributed by atoms with Gasteiger partial charge in [-0.1, -0.05) is 0 Å². The molecule has 0 heterocycles. The van der Waals surface area contributed by atoms with Gasteiger partial charge >= 0.3 is 5.97 Å². The van der Waals surface area contributed by atoms with Crippen molar-refractivity contribution in [2.45, 2.75) is 25.3 Å². The number of benzene rings is 1. The van der Waals surface area contributed by atoms with E-state index in [0.717, 1.165) is 12.8 Å². The maximum absolute atomic E-state index is 11.2. The van der Waals surface area contributed by atoms with Crippen molar-refractivity contribution in [1.29, 1.82) is 0 Å². The third kappa shape index (κ3) is 2.72. The summed E-state index contributed by atoms with van der Waals surface area (Å²) in [4.78, 5) is 21.5. The first kappa shape index (κ1) is 14.3. The Morgan fingerprint density at radius 2 is 2.25 bits per heavy atom. The van der Waals surface area contributed by atoms with Gasteiger partial charge in [-0.3, -0.25) is 14.9 Å². The Morgan fingerprint density at radius 1 is 1.60 bits per heavy atom. The predicted molar refractivity (Wildman–Crippen MR) is 70.6 cm³/mol. The first-order valence-electron chi connectivity index (χ1n) is 6.24. The Kier molecular flexibility index (Phi) is 3.63. The molecule has 0 bridgehead atoms. The molecule has 1 atom stereocenters. The summed E-state index contributed by atoms with van der Waals surface area (Å²) in [5, 5.41) is 19.9. The summed E-state index contributed by atoms with van der Waals surface area (Å²) in [6, 6.07) is 4.29. The minimum atomic E-state index is -1.39. The molecule has 0 amide bonds. The van der Waals surface area contributed by atoms with Gasteiger partial charge in [0.1, 0.15) is 12.4 Å². The van der Waals surface area contributed by atoms with Crippen molar-refractivity contribution in [3.05, 3.63) is 33.9 Å². The molecule has 3 N–H and O–H groups in total. The number of aliphatic carboxylic acids is 1. The van der Waals surface area contributed by atoms with E-state index in [4.69, 9.17) is 10.5 Å². The van der Waals surface area contributed by atoms with Crippen LogP contribution in [-0.4, -0.2) is 28.1 Å². The maximum Gasteiger partial charge on any atom is 0.327 e. The molecule has 0 radical (unpaired) electrons. The first-order valence-corrected chi connectivity index (χ1v) is 6.24. The highest BCUT2D eigenvalue weighted by atomic mass is 16.6. The average Bonchev–Trinajstić information content (AvgIpc) is 3.19. The lowest BCUT2D eigenvalue weighted by atomic mass is 9.96. The van der Waals surface area contributed by atoms with Gasteiger partial charge in [0, 0.05) is 11.6 Å². The van der Waals surface area contributed by atoms with Crippen LogP contribution < -0.4 is 10.5 Å². The van der Waals surface area contributed by atoms with Gasteiger partial charge in [-0.05, 0) is 37.8 Å². The Bertz CT molecular complexity index is 556. The summed E-state index contributed by atoms with van der Waals surface area (Å²) in [5.74, 6) is -0.775. The quantitative estimate of drug-likeness (QED) is 0.602. The smallest absolute Gasteiger partial charge is 0.327 e. The number of nitro groups is 1. The minimum absolute atomic E-state index is 0.00297. The van der Waals surface area contributed by atoms with Crippen molar-refractivity contribution in [3.63, 3.8) is 0 Å². The van der Waals surface area contributed by atoms with E-state index in [-0.39, 0.29) is 18.2 Å². The maximum atomic E-state index is 11.2. The largest absolute Gasteiger partial charge is 0.491 e. The number of rotatable bonds is 6. The number of hydrogen-bond acceptors (Lipinski definition) is 5. The molecule has 1 fully saturated rings. The molecule has 1 aromatic carbocycles. The SMILES string of the molecule is Cc1cc(OCC(N)(C(=O)O)C2CC2)ccc1[N+](=O)[O-]. The van der Waals surface area contributed by atoms with Crippen molar-refractivity contribution < 1.29 is 19.6 Å². The van der Waals surface area contributed by atoms with Gasteiger partial charge in [0.15, 0.2) is 5.54 Å². The lowest BCUT2D eigenvalue weighted by molar-refractivity contribution is -0.385. The molecular formula is C13H16N2O5. The topological polar surface area (TPSA) is 116 Å². The summed E-state index contributed by atoms with van der Waals surface area (Å²) >= 11 is 0. The van der Waals surface area contributed by atoms with E-state index in [9.17, 15) is 20.0 Å². The number of nitro benzene ring substituents is 1. The van der Waals surface area contributed by atoms with E-state index in [1.54, 1.807) is 6.92 Å². The van der Waals surface area contributed by atoms with Crippen LogP contribution in [0.5, 0.6) is 5.75 Å². The Hall–Kier alpha value is -2.15. The van der Waals surface area contributed by atoms with Crippen molar-refractivity contribution in [2.24, 2.45) is 11.7 Å². The van der Waals surface area contributed by atoms with Crippen LogP contribution in [0.25, 0.3) is 0 Å². The molecule has 1 aliphatic rings. The van der Waals surface area contributed by atoms with Crippen LogP contribution >= 0.6 is 0 Å². The van der Waals surface area contributed by atoms with E-state index in [2.05, 4.69) is 0 Å². The van der Waals surface area contributed by atoms with Crippen LogP contribution in [-0.2, 0) is 4.79 Å². The van der Waals surface area contributed by atoms with Gasteiger partial charge < -0.3 is 15.6 Å². The lowest BCUT2D eigenvalue weighted by Crippen LogP contribution is -2.54. The van der Waals surface area contributed by atoms with Gasteiger partial charge in [0.25, 0.3) is 5.69 Å². The van der Waals surface area contributed by atoms with Gasteiger partial charge in [-0.25, -0.2) is 0 Å². The van der Waals surface area contributed by atoms with Crippen LogP contribution in [0, 0.1) is 23.0 Å². The van der Waals surface area contributed by atoms with E-state index >= 15 is 0 Å². The molecule has 2 rings (SSSR count). The zero-order valence-electron chi connectivity index (χ0n) is 11.0. The van der Waals surface area contributed by atoms with E-state index in [0.29, 0.717) is 11.3 Å². The minimum Gasteiger partial charge on any atom is -0.491 e. The molecule has 1 saturated carbocycles. The Morgan fingerprint density at radius 3 is 2.70 bits per heavy atom. The molecule has 1 aliphatic carbocycles. The fraction of sp³-hybridized carbons (Fsp3) is 0.462. The monoisotopic (exact) mass is 280 g/mol. The second kappa shape index (κ2) is 5.09. The summed E-state index contributed by atoms with van der Waals surface area (Å²) < 4.78 is 5.42. The predicted octanol–water partition coefficient (Wildman–Crippen LogP) is 1.47. The van der Waals surface area contributed by atoms with Gasteiger partial charge in [0.2, 0.25) is 0 Å². The van der Waals surface area contributed by atoms with Crippen LogP contribution in [0.4, 0.5) is 5.69 Å². The van der Waals surface area contributed by atoms with Crippen molar-refractivity contribution in [3.8, 4) is 5.75 Å². The Balaban J connectivity index is 2.09. The van der Waals surface area contributed by atoms with Crippen LogP contribution in [0.1, 0.15) is 18.4 Å². The van der Waals surface area contributed by atoms with E-state index < -0.39 is 16.4 Å². The summed E-state index contributed by atoms with van der Waals surface area (Å²) in [6.45, 7) is 1.45. The van der Waals surface area contributed by atoms with Crippen LogP contribution in [0.3, 0.4) is 0 Å². The first-order chi connectivity index (χ1) is 9.34. The number of ether oxygens (including phenoxy) is 1. The van der Waals surface area contributed by atoms with Crippen LogP contribution in [0.15, 0.2) is 18.2 Å². The number of hydrogen-bond donors (Lipinski definition) is 2. The summed E-state index contributed by atoms with van der Waals surface area (Å²) in [7, 11) is 0. The van der Waals surface area contributed by atoms with Crippen molar-refractivity contribution in [1.82, 2.24) is 0 Å². The van der Waals surface area contributed by atoms with Gasteiger partial charge in [-0.15, -0.1) is 0 Å². The number of nitrogens with zero attached hydrogens (tertiary/aromatic N) is 1. The molecule has 0 saturated heterocycles. The summed E-state index contributed by atoms with van der Waals surface area (Å²) in [5.41, 5.74) is 4.94. The Labute approximate surface area is 115 Å². The van der Waals surface area contributed by atoms with E-state index in [1.807, 2.05) is 0 Å². The van der Waals surface area contributed by atoms with Crippen molar-refractivity contribution >= 4 is 11.7 Å². The highest BCUT2D eigenvalue weighted by Gasteiger charge is 2.49. The number of carbonyl (C=O) groups is 1. The third-order valence-electron chi connectivity index (χ3n) is 3.55. The third-order valence-corrected chi connectivity index (χ3v) is 3.55. The molecule has 108 valence electrons. The lowest BCUT2D eigenvalue weighted by Gasteiger charge is -2.24. The molecule has 7 heteroatoms. The molecule has 0 aromatic heterocycles. The van der Waals surface area contributed by atoms with Gasteiger partial charge in [-0.2, -0.15) is 0 Å². The number of carboxylic acid groups (broad SMARTS) is 1. The second-order valence-corrected chi connectivity index (χ2v) is 5.11. The van der Waals surface area contributed by atoms with Crippen molar-refractivity contribution in [2.75, 3.05) is 6.61 Å². The molecule has 7 nitrogen and oxygen atoms in total. The average molecular weight is 280 g/mol. The zero-order chi connectivity index (χ0) is 14.9. The fourth-order valence-electron chi connectivity index (χ4n) is 2.08. The van der Waals surface area contributed by atoms with E-state index in [1.165, 1.54) is 18.2 Å².